The Labute approximate surface area is 163 Å². The summed E-state index contributed by atoms with van der Waals surface area (Å²) in [6.45, 7) is 5.00. The zero-order chi connectivity index (χ0) is 19.5. The largest absolute Gasteiger partial charge is 0.490 e. The van der Waals surface area contributed by atoms with E-state index in [2.05, 4.69) is 4.98 Å². The van der Waals surface area contributed by atoms with Gasteiger partial charge in [-0.05, 0) is 61.0 Å². The number of nitrogen functional groups attached to an aromatic ring is 1. The van der Waals surface area contributed by atoms with Crippen LogP contribution >= 0.6 is 0 Å². The molecule has 142 valence electrons. The number of aromatic nitrogens is 1. The molecule has 0 aliphatic carbocycles. The lowest BCUT2D eigenvalue weighted by Gasteiger charge is -2.14. The SMILES string of the molecule is CCOc1cc2nccc(Oc3ccc4cc(N)ccc4c3)c2cc1OCC. The standard InChI is InChI=1S/C23H22N2O3/c1-3-26-22-13-19-20(14-23(22)27-4-2)25-10-9-21(19)28-18-8-6-15-11-17(24)7-5-16(15)12-18/h5-14H,3-4,24H2,1-2H3. The highest BCUT2D eigenvalue weighted by molar-refractivity contribution is 5.89. The molecule has 0 radical (unpaired) electrons. The van der Waals surface area contributed by atoms with Gasteiger partial charge in [0.25, 0.3) is 0 Å². The molecule has 0 amide bonds. The molecule has 0 unspecified atom stereocenters. The number of hydrogen-bond donors (Lipinski definition) is 1. The number of pyridine rings is 1. The Bertz CT molecular complexity index is 1140. The molecule has 0 atom stereocenters. The van der Waals surface area contributed by atoms with Crippen LogP contribution in [-0.4, -0.2) is 18.2 Å². The fraction of sp³-hybridized carbons (Fsp3) is 0.174. The molecular formula is C23H22N2O3. The van der Waals surface area contributed by atoms with Gasteiger partial charge in [0.05, 0.1) is 18.7 Å². The quantitative estimate of drug-likeness (QED) is 0.448. The molecule has 28 heavy (non-hydrogen) atoms. The number of fused-ring (bicyclic) bond motifs is 2. The number of benzene rings is 3. The van der Waals surface area contributed by atoms with E-state index in [9.17, 15) is 0 Å². The summed E-state index contributed by atoms with van der Waals surface area (Å²) in [5.41, 5.74) is 7.39. The van der Waals surface area contributed by atoms with Crippen molar-refractivity contribution in [3.8, 4) is 23.0 Å². The fourth-order valence-electron chi connectivity index (χ4n) is 3.19. The normalized spacial score (nSPS) is 10.9. The molecule has 0 aliphatic heterocycles. The van der Waals surface area contributed by atoms with Crippen molar-refractivity contribution < 1.29 is 14.2 Å². The highest BCUT2D eigenvalue weighted by atomic mass is 16.5. The highest BCUT2D eigenvalue weighted by Crippen LogP contribution is 2.37. The van der Waals surface area contributed by atoms with Gasteiger partial charge in [0.15, 0.2) is 11.5 Å². The Balaban J connectivity index is 1.75. The van der Waals surface area contributed by atoms with Crippen molar-refractivity contribution in [3.05, 3.63) is 60.8 Å². The average molecular weight is 374 g/mol. The first-order valence-corrected chi connectivity index (χ1v) is 9.33. The number of nitrogens with two attached hydrogens (primary N) is 1. The molecule has 3 aromatic carbocycles. The predicted molar refractivity (Wildman–Crippen MR) is 113 cm³/mol. The molecule has 1 heterocycles. The van der Waals surface area contributed by atoms with E-state index in [-0.39, 0.29) is 0 Å². The summed E-state index contributed by atoms with van der Waals surface area (Å²) in [6, 6.07) is 17.4. The maximum atomic E-state index is 6.20. The van der Waals surface area contributed by atoms with E-state index in [0.29, 0.717) is 30.5 Å². The van der Waals surface area contributed by atoms with Crippen molar-refractivity contribution in [1.29, 1.82) is 0 Å². The minimum Gasteiger partial charge on any atom is -0.490 e. The number of anilines is 1. The Morgan fingerprint density at radius 3 is 2.29 bits per heavy atom. The van der Waals surface area contributed by atoms with Gasteiger partial charge in [-0.15, -0.1) is 0 Å². The van der Waals surface area contributed by atoms with Crippen LogP contribution in [0.3, 0.4) is 0 Å². The minimum absolute atomic E-state index is 0.551. The lowest BCUT2D eigenvalue weighted by atomic mass is 10.1. The van der Waals surface area contributed by atoms with Gasteiger partial charge in [-0.25, -0.2) is 0 Å². The molecule has 0 bridgehead atoms. The minimum atomic E-state index is 0.551. The summed E-state index contributed by atoms with van der Waals surface area (Å²) in [6.07, 6.45) is 1.73. The van der Waals surface area contributed by atoms with Crippen molar-refractivity contribution in [2.45, 2.75) is 13.8 Å². The Morgan fingerprint density at radius 2 is 1.50 bits per heavy atom. The first kappa shape index (κ1) is 17.9. The van der Waals surface area contributed by atoms with Crippen LogP contribution in [0.5, 0.6) is 23.0 Å². The third-order valence-electron chi connectivity index (χ3n) is 4.43. The van der Waals surface area contributed by atoms with Crippen molar-refractivity contribution in [1.82, 2.24) is 4.98 Å². The van der Waals surface area contributed by atoms with E-state index < -0.39 is 0 Å². The zero-order valence-electron chi connectivity index (χ0n) is 15.9. The van der Waals surface area contributed by atoms with Crippen LogP contribution in [0.25, 0.3) is 21.7 Å². The maximum absolute atomic E-state index is 6.20. The van der Waals surface area contributed by atoms with Crippen LogP contribution in [0.1, 0.15) is 13.8 Å². The Morgan fingerprint density at radius 1 is 0.786 bits per heavy atom. The smallest absolute Gasteiger partial charge is 0.163 e. The summed E-state index contributed by atoms with van der Waals surface area (Å²) >= 11 is 0. The van der Waals surface area contributed by atoms with Gasteiger partial charge in [-0.1, -0.05) is 12.1 Å². The van der Waals surface area contributed by atoms with E-state index in [1.807, 2.05) is 68.4 Å². The average Bonchev–Trinajstić information content (AvgIpc) is 2.69. The Hall–Kier alpha value is -3.47. The first-order chi connectivity index (χ1) is 13.7. The predicted octanol–water partition coefficient (Wildman–Crippen LogP) is 5.56. The molecule has 4 aromatic rings. The van der Waals surface area contributed by atoms with Crippen LogP contribution < -0.4 is 19.9 Å². The third kappa shape index (κ3) is 3.51. The van der Waals surface area contributed by atoms with Gasteiger partial charge in [0, 0.05) is 23.3 Å². The summed E-state index contributed by atoms with van der Waals surface area (Å²) in [5, 5.41) is 3.01. The summed E-state index contributed by atoms with van der Waals surface area (Å²) in [7, 11) is 0. The second-order valence-corrected chi connectivity index (χ2v) is 6.36. The fourth-order valence-corrected chi connectivity index (χ4v) is 3.19. The lowest BCUT2D eigenvalue weighted by molar-refractivity contribution is 0.288. The van der Waals surface area contributed by atoms with E-state index in [1.54, 1.807) is 6.20 Å². The molecule has 5 heteroatoms. The summed E-state index contributed by atoms with van der Waals surface area (Å²) in [4.78, 5) is 4.46. The van der Waals surface area contributed by atoms with Gasteiger partial charge >= 0.3 is 0 Å². The topological polar surface area (TPSA) is 66.6 Å². The van der Waals surface area contributed by atoms with Crippen LogP contribution in [0.2, 0.25) is 0 Å². The number of hydrogen-bond acceptors (Lipinski definition) is 5. The second-order valence-electron chi connectivity index (χ2n) is 6.36. The molecule has 0 spiro atoms. The Kier molecular flexibility index (Phi) is 4.89. The molecule has 1 aromatic heterocycles. The van der Waals surface area contributed by atoms with Crippen molar-refractivity contribution in [3.63, 3.8) is 0 Å². The van der Waals surface area contributed by atoms with E-state index in [4.69, 9.17) is 19.9 Å². The number of nitrogens with zero attached hydrogens (tertiary/aromatic N) is 1. The van der Waals surface area contributed by atoms with Gasteiger partial charge in [0.1, 0.15) is 11.5 Å². The van der Waals surface area contributed by atoms with E-state index in [1.165, 1.54) is 0 Å². The first-order valence-electron chi connectivity index (χ1n) is 9.33. The molecule has 4 rings (SSSR count). The second kappa shape index (κ2) is 7.64. The van der Waals surface area contributed by atoms with Crippen molar-refractivity contribution in [2.75, 3.05) is 18.9 Å². The van der Waals surface area contributed by atoms with Crippen LogP contribution in [0.4, 0.5) is 5.69 Å². The lowest BCUT2D eigenvalue weighted by Crippen LogP contribution is -1.99. The molecule has 0 saturated heterocycles. The summed E-state index contributed by atoms with van der Waals surface area (Å²) in [5.74, 6) is 2.83. The molecule has 0 saturated carbocycles. The molecule has 5 nitrogen and oxygen atoms in total. The molecule has 0 aliphatic rings. The monoisotopic (exact) mass is 374 g/mol. The van der Waals surface area contributed by atoms with Crippen molar-refractivity contribution in [2.24, 2.45) is 0 Å². The van der Waals surface area contributed by atoms with Crippen LogP contribution in [0, 0.1) is 0 Å². The van der Waals surface area contributed by atoms with E-state index >= 15 is 0 Å². The number of rotatable bonds is 6. The van der Waals surface area contributed by atoms with Crippen molar-refractivity contribution >= 4 is 27.4 Å². The van der Waals surface area contributed by atoms with Crippen LogP contribution in [0.15, 0.2) is 60.8 Å². The third-order valence-corrected chi connectivity index (χ3v) is 4.43. The summed E-state index contributed by atoms with van der Waals surface area (Å²) < 4.78 is 17.6. The van der Waals surface area contributed by atoms with Gasteiger partial charge in [-0.2, -0.15) is 0 Å². The van der Waals surface area contributed by atoms with Gasteiger partial charge in [0.2, 0.25) is 0 Å². The highest BCUT2D eigenvalue weighted by Gasteiger charge is 2.12. The molecule has 2 N–H and O–H groups in total. The van der Waals surface area contributed by atoms with E-state index in [0.717, 1.165) is 33.1 Å². The molecule has 0 fully saturated rings. The van der Waals surface area contributed by atoms with Gasteiger partial charge in [-0.3, -0.25) is 4.98 Å². The maximum Gasteiger partial charge on any atom is 0.163 e. The molecular weight excluding hydrogens is 352 g/mol. The van der Waals surface area contributed by atoms with Crippen LogP contribution in [-0.2, 0) is 0 Å². The zero-order valence-corrected chi connectivity index (χ0v) is 15.9. The number of ether oxygens (including phenoxy) is 3. The van der Waals surface area contributed by atoms with Gasteiger partial charge < -0.3 is 19.9 Å².